The van der Waals surface area contributed by atoms with Gasteiger partial charge in [0.15, 0.2) is 0 Å². The number of amides is 3. The molecule has 5 rings (SSSR count). The van der Waals surface area contributed by atoms with Crippen LogP contribution in [0.1, 0.15) is 22.3 Å². The highest BCUT2D eigenvalue weighted by Crippen LogP contribution is 2.29. The van der Waals surface area contributed by atoms with E-state index >= 15 is 0 Å². The van der Waals surface area contributed by atoms with E-state index in [1.807, 2.05) is 42.5 Å². The van der Waals surface area contributed by atoms with Gasteiger partial charge < -0.3 is 20.9 Å². The van der Waals surface area contributed by atoms with Gasteiger partial charge in [-0.05, 0) is 77.9 Å². The van der Waals surface area contributed by atoms with Gasteiger partial charge in [-0.15, -0.1) is 0 Å². The molecule has 0 saturated carbocycles. The number of hydrogen-bond acceptors (Lipinski definition) is 3. The maximum atomic E-state index is 12.7. The number of nitrogen functional groups attached to an aromatic ring is 1. The van der Waals surface area contributed by atoms with Crippen molar-refractivity contribution < 1.29 is 22.8 Å². The summed E-state index contributed by atoms with van der Waals surface area (Å²) in [5, 5.41) is 5.81. The van der Waals surface area contributed by atoms with Crippen LogP contribution in [0.25, 0.3) is 10.8 Å². The fourth-order valence-corrected chi connectivity index (χ4v) is 4.37. The molecule has 0 aromatic heterocycles. The highest BCUT2D eigenvalue weighted by Gasteiger charge is 2.29. The lowest BCUT2D eigenvalue weighted by Crippen LogP contribution is -2.39. The van der Waals surface area contributed by atoms with Gasteiger partial charge in [-0.1, -0.05) is 41.9 Å². The average Bonchev–Trinajstić information content (AvgIpc) is 3.20. The number of alkyl halides is 3. The van der Waals surface area contributed by atoms with Crippen molar-refractivity contribution in [2.45, 2.75) is 12.6 Å². The summed E-state index contributed by atoms with van der Waals surface area (Å²) in [7, 11) is 0. The fraction of sp³-hybridized carbons (Fsp3) is 0.200. The van der Waals surface area contributed by atoms with E-state index in [0.717, 1.165) is 35.0 Å². The van der Waals surface area contributed by atoms with Crippen molar-refractivity contribution in [1.29, 1.82) is 0 Å². The van der Waals surface area contributed by atoms with E-state index in [1.54, 1.807) is 34.1 Å². The average molecular weight is 569 g/mol. The van der Waals surface area contributed by atoms with Gasteiger partial charge in [0.05, 0.1) is 5.56 Å². The smallest absolute Gasteiger partial charge is 0.399 e. The second-order valence-electron chi connectivity index (χ2n) is 9.25. The minimum Gasteiger partial charge on any atom is -0.399 e. The number of halogens is 4. The molecule has 40 heavy (non-hydrogen) atoms. The molecule has 0 radical (unpaired) electrons. The third-order valence-electron chi connectivity index (χ3n) is 6.40. The molecule has 6 nitrogen and oxygen atoms in total. The largest absolute Gasteiger partial charge is 0.416 e. The van der Waals surface area contributed by atoms with Crippen LogP contribution in [0.5, 0.6) is 0 Å². The molecule has 3 N–H and O–H groups in total. The van der Waals surface area contributed by atoms with Crippen molar-refractivity contribution in [3.05, 3.63) is 107 Å². The van der Waals surface area contributed by atoms with Crippen LogP contribution in [0, 0.1) is 0 Å². The molecule has 1 aliphatic heterocycles. The molecular formula is C30H28ClF3N4O2. The number of benzene rings is 4. The van der Waals surface area contributed by atoms with E-state index in [9.17, 15) is 22.8 Å². The van der Waals surface area contributed by atoms with Gasteiger partial charge in [-0.3, -0.25) is 4.79 Å². The summed E-state index contributed by atoms with van der Waals surface area (Å²) in [5.41, 5.74) is 6.24. The lowest BCUT2D eigenvalue weighted by Gasteiger charge is -2.22. The highest BCUT2D eigenvalue weighted by atomic mass is 35.5. The van der Waals surface area contributed by atoms with Gasteiger partial charge in [0.25, 0.3) is 5.91 Å². The molecule has 0 bridgehead atoms. The Morgan fingerprint density at radius 1 is 0.775 bits per heavy atom. The standard InChI is InChI=1S/C23H22ClN3O2.C7H6F3N/c24-20-9-6-18(7-10-20)22(28)26-12-3-13-27(15-14-26)23(29)25-21-11-8-17-4-1-2-5-19(17)16-21;8-7(9,10)5-1-3-6(11)4-2-5/h1-2,4-11,16H,3,12-15H2,(H,25,29);1-4H,11H2. The van der Waals surface area contributed by atoms with E-state index in [4.69, 9.17) is 17.3 Å². The van der Waals surface area contributed by atoms with Crippen LogP contribution in [0.4, 0.5) is 29.3 Å². The Balaban J connectivity index is 0.000000283. The Morgan fingerprint density at radius 2 is 1.40 bits per heavy atom. The van der Waals surface area contributed by atoms with Gasteiger partial charge >= 0.3 is 12.2 Å². The Hall–Kier alpha value is -4.24. The van der Waals surface area contributed by atoms with Gasteiger partial charge in [0.2, 0.25) is 0 Å². The van der Waals surface area contributed by atoms with E-state index in [2.05, 4.69) is 5.32 Å². The molecule has 1 fully saturated rings. The molecule has 10 heteroatoms. The van der Waals surface area contributed by atoms with Crippen LogP contribution in [0.2, 0.25) is 5.02 Å². The third-order valence-corrected chi connectivity index (χ3v) is 6.65. The van der Waals surface area contributed by atoms with Crippen LogP contribution in [0.3, 0.4) is 0 Å². The minimum atomic E-state index is -4.27. The molecule has 3 amide bonds. The van der Waals surface area contributed by atoms with Crippen molar-refractivity contribution in [2.75, 3.05) is 37.2 Å². The van der Waals surface area contributed by atoms with Crippen LogP contribution in [-0.4, -0.2) is 47.9 Å². The molecule has 1 saturated heterocycles. The topological polar surface area (TPSA) is 78.7 Å². The first-order chi connectivity index (χ1) is 19.1. The summed E-state index contributed by atoms with van der Waals surface area (Å²) in [6.07, 6.45) is -3.53. The molecule has 0 aliphatic carbocycles. The number of nitrogens with two attached hydrogens (primary N) is 1. The third kappa shape index (κ3) is 7.66. The van der Waals surface area contributed by atoms with Crippen LogP contribution < -0.4 is 11.1 Å². The van der Waals surface area contributed by atoms with Gasteiger partial charge in [-0.25, -0.2) is 4.79 Å². The molecule has 1 heterocycles. The van der Waals surface area contributed by atoms with Crippen molar-refractivity contribution in [3.63, 3.8) is 0 Å². The number of anilines is 2. The van der Waals surface area contributed by atoms with Crippen LogP contribution in [0.15, 0.2) is 91.0 Å². The molecule has 0 atom stereocenters. The molecule has 208 valence electrons. The minimum absolute atomic E-state index is 0.0292. The number of carbonyl (C=O) groups is 2. The summed E-state index contributed by atoms with van der Waals surface area (Å²) in [6.45, 7) is 2.25. The summed E-state index contributed by atoms with van der Waals surface area (Å²) >= 11 is 5.90. The SMILES string of the molecule is Nc1ccc(C(F)(F)F)cc1.O=C(Nc1ccc2ccccc2c1)N1CCCN(C(=O)c2ccc(Cl)cc2)CC1. The van der Waals surface area contributed by atoms with Crippen molar-refractivity contribution >= 4 is 45.7 Å². The Kier molecular flexibility index (Phi) is 9.16. The number of fused-ring (bicyclic) bond motifs is 1. The number of rotatable bonds is 2. The molecule has 4 aromatic rings. The van der Waals surface area contributed by atoms with E-state index in [-0.39, 0.29) is 11.9 Å². The lowest BCUT2D eigenvalue weighted by atomic mass is 10.1. The Morgan fingerprint density at radius 3 is 2.08 bits per heavy atom. The zero-order valence-corrected chi connectivity index (χ0v) is 22.3. The van der Waals surface area contributed by atoms with Crippen LogP contribution in [-0.2, 0) is 6.18 Å². The zero-order valence-electron chi connectivity index (χ0n) is 21.5. The number of nitrogens with zero attached hydrogens (tertiary/aromatic N) is 2. The summed E-state index contributed by atoms with van der Waals surface area (Å²) in [4.78, 5) is 29.0. The van der Waals surface area contributed by atoms with E-state index in [0.29, 0.717) is 42.5 Å². The van der Waals surface area contributed by atoms with Gasteiger partial charge in [0, 0.05) is 48.1 Å². The zero-order chi connectivity index (χ0) is 28.7. The van der Waals surface area contributed by atoms with Gasteiger partial charge in [0.1, 0.15) is 0 Å². The highest BCUT2D eigenvalue weighted by molar-refractivity contribution is 6.30. The second-order valence-corrected chi connectivity index (χ2v) is 9.69. The predicted molar refractivity (Wildman–Crippen MR) is 152 cm³/mol. The monoisotopic (exact) mass is 568 g/mol. The summed E-state index contributed by atoms with van der Waals surface area (Å²) < 4.78 is 35.6. The summed E-state index contributed by atoms with van der Waals surface area (Å²) in [6, 6.07) is 25.1. The van der Waals surface area contributed by atoms with Crippen LogP contribution >= 0.6 is 11.6 Å². The Labute approximate surface area is 235 Å². The number of urea groups is 1. The Bertz CT molecular complexity index is 1460. The normalized spacial score (nSPS) is 13.7. The fourth-order valence-electron chi connectivity index (χ4n) is 4.24. The molecular weight excluding hydrogens is 541 g/mol. The first kappa shape index (κ1) is 28.8. The van der Waals surface area contributed by atoms with Crippen molar-refractivity contribution in [3.8, 4) is 0 Å². The quantitative estimate of drug-likeness (QED) is 0.252. The molecule has 0 spiro atoms. The second kappa shape index (κ2) is 12.7. The lowest BCUT2D eigenvalue weighted by molar-refractivity contribution is -0.137. The van der Waals surface area contributed by atoms with Gasteiger partial charge in [-0.2, -0.15) is 13.2 Å². The predicted octanol–water partition coefficient (Wildman–Crippen LogP) is 7.16. The first-order valence-electron chi connectivity index (χ1n) is 12.6. The number of nitrogens with one attached hydrogen (secondary N) is 1. The molecule has 0 unspecified atom stereocenters. The number of carbonyl (C=O) groups excluding carboxylic acids is 2. The molecule has 1 aliphatic rings. The van der Waals surface area contributed by atoms with Crippen molar-refractivity contribution in [2.24, 2.45) is 0 Å². The van der Waals surface area contributed by atoms with E-state index < -0.39 is 11.7 Å². The van der Waals surface area contributed by atoms with E-state index in [1.165, 1.54) is 12.1 Å². The first-order valence-corrected chi connectivity index (χ1v) is 13.0. The van der Waals surface area contributed by atoms with Crippen molar-refractivity contribution in [1.82, 2.24) is 9.80 Å². The maximum absolute atomic E-state index is 12.7. The maximum Gasteiger partial charge on any atom is 0.416 e. The summed E-state index contributed by atoms with van der Waals surface area (Å²) in [5.74, 6) is -0.0292. The molecule has 4 aromatic carbocycles. The number of hydrogen-bond donors (Lipinski definition) is 2.